The molecule has 0 heterocycles. The van der Waals surface area contributed by atoms with Crippen molar-refractivity contribution in [3.05, 3.63) is 0 Å². The van der Waals surface area contributed by atoms with Crippen molar-refractivity contribution >= 4 is 5.97 Å². The van der Waals surface area contributed by atoms with E-state index in [-0.39, 0.29) is 24.0 Å². The Morgan fingerprint density at radius 2 is 2.00 bits per heavy atom. The lowest BCUT2D eigenvalue weighted by atomic mass is 10.0. The van der Waals surface area contributed by atoms with Crippen LogP contribution < -0.4 is 5.32 Å². The SMILES string of the molecule is C#CC(C)NC(C(=O)OC)C(C)C. The van der Waals surface area contributed by atoms with Crippen LogP contribution in [0.15, 0.2) is 0 Å². The van der Waals surface area contributed by atoms with E-state index >= 15 is 0 Å². The lowest BCUT2D eigenvalue weighted by Gasteiger charge is -2.21. The average molecular weight is 183 g/mol. The molecule has 0 aromatic rings. The Balaban J connectivity index is 4.28. The van der Waals surface area contributed by atoms with Crippen molar-refractivity contribution in [3.8, 4) is 12.3 Å². The molecule has 0 aliphatic heterocycles. The maximum absolute atomic E-state index is 11.3. The van der Waals surface area contributed by atoms with Crippen LogP contribution in [0.3, 0.4) is 0 Å². The second-order valence-corrected chi connectivity index (χ2v) is 3.30. The number of esters is 1. The highest BCUT2D eigenvalue weighted by Gasteiger charge is 2.23. The fourth-order valence-electron chi connectivity index (χ4n) is 0.977. The third kappa shape index (κ3) is 3.95. The van der Waals surface area contributed by atoms with Crippen LogP contribution in [0.1, 0.15) is 20.8 Å². The number of carbonyl (C=O) groups excluding carboxylic acids is 1. The van der Waals surface area contributed by atoms with Crippen LogP contribution >= 0.6 is 0 Å². The van der Waals surface area contributed by atoms with Crippen LogP contribution in [0.4, 0.5) is 0 Å². The van der Waals surface area contributed by atoms with Gasteiger partial charge in [0, 0.05) is 0 Å². The van der Waals surface area contributed by atoms with Crippen LogP contribution in [-0.4, -0.2) is 25.2 Å². The van der Waals surface area contributed by atoms with Crippen molar-refractivity contribution in [3.63, 3.8) is 0 Å². The zero-order chi connectivity index (χ0) is 10.4. The maximum Gasteiger partial charge on any atom is 0.323 e. The highest BCUT2D eigenvalue weighted by molar-refractivity contribution is 5.76. The van der Waals surface area contributed by atoms with Crippen molar-refractivity contribution in [1.29, 1.82) is 0 Å². The number of rotatable bonds is 4. The van der Waals surface area contributed by atoms with Gasteiger partial charge in [-0.05, 0) is 12.8 Å². The number of carbonyl (C=O) groups is 1. The Bertz CT molecular complexity index is 205. The summed E-state index contributed by atoms with van der Waals surface area (Å²) in [6.07, 6.45) is 5.20. The van der Waals surface area contributed by atoms with Gasteiger partial charge in [-0.2, -0.15) is 0 Å². The molecule has 0 rings (SSSR count). The van der Waals surface area contributed by atoms with Crippen molar-refractivity contribution in [2.45, 2.75) is 32.9 Å². The van der Waals surface area contributed by atoms with E-state index < -0.39 is 0 Å². The molecule has 0 aromatic carbocycles. The zero-order valence-corrected chi connectivity index (χ0v) is 8.63. The summed E-state index contributed by atoms with van der Waals surface area (Å²) in [5, 5.41) is 3.01. The van der Waals surface area contributed by atoms with Crippen molar-refractivity contribution in [1.82, 2.24) is 5.32 Å². The van der Waals surface area contributed by atoms with E-state index in [1.807, 2.05) is 20.8 Å². The fraction of sp³-hybridized carbons (Fsp3) is 0.700. The summed E-state index contributed by atoms with van der Waals surface area (Å²) < 4.78 is 4.65. The second-order valence-electron chi connectivity index (χ2n) is 3.30. The Morgan fingerprint density at radius 3 is 2.31 bits per heavy atom. The average Bonchev–Trinajstić information content (AvgIpc) is 2.11. The van der Waals surface area contributed by atoms with E-state index in [9.17, 15) is 4.79 Å². The topological polar surface area (TPSA) is 38.3 Å². The standard InChI is InChI=1S/C10H17NO2/c1-6-8(4)11-9(7(2)3)10(12)13-5/h1,7-9,11H,2-5H3. The predicted molar refractivity (Wildman–Crippen MR) is 52.1 cm³/mol. The van der Waals surface area contributed by atoms with E-state index in [0.717, 1.165) is 0 Å². The Labute approximate surface area is 79.8 Å². The lowest BCUT2D eigenvalue weighted by molar-refractivity contribution is -0.144. The maximum atomic E-state index is 11.3. The molecule has 0 bridgehead atoms. The van der Waals surface area contributed by atoms with E-state index in [2.05, 4.69) is 16.0 Å². The first-order chi connectivity index (χ1) is 6.02. The van der Waals surface area contributed by atoms with Crippen molar-refractivity contribution < 1.29 is 9.53 Å². The van der Waals surface area contributed by atoms with Gasteiger partial charge in [-0.15, -0.1) is 6.42 Å². The molecular weight excluding hydrogens is 166 g/mol. The molecule has 0 aliphatic rings. The van der Waals surface area contributed by atoms with Gasteiger partial charge in [0.05, 0.1) is 13.2 Å². The molecule has 2 atom stereocenters. The van der Waals surface area contributed by atoms with Crippen LogP contribution in [0.2, 0.25) is 0 Å². The molecule has 0 saturated carbocycles. The van der Waals surface area contributed by atoms with E-state index in [1.54, 1.807) is 0 Å². The summed E-state index contributed by atoms with van der Waals surface area (Å²) in [5.74, 6) is 2.41. The van der Waals surface area contributed by atoms with Crippen LogP contribution in [0.5, 0.6) is 0 Å². The number of hydrogen-bond acceptors (Lipinski definition) is 3. The number of ether oxygens (including phenoxy) is 1. The summed E-state index contributed by atoms with van der Waals surface area (Å²) >= 11 is 0. The lowest BCUT2D eigenvalue weighted by Crippen LogP contribution is -2.45. The minimum Gasteiger partial charge on any atom is -0.468 e. The van der Waals surface area contributed by atoms with Crippen molar-refractivity contribution in [2.24, 2.45) is 5.92 Å². The smallest absolute Gasteiger partial charge is 0.323 e. The minimum atomic E-state index is -0.323. The second kappa shape index (κ2) is 5.60. The summed E-state index contributed by atoms with van der Waals surface area (Å²) in [5.41, 5.74) is 0. The first-order valence-corrected chi connectivity index (χ1v) is 4.33. The van der Waals surface area contributed by atoms with Gasteiger partial charge in [-0.1, -0.05) is 19.8 Å². The largest absolute Gasteiger partial charge is 0.468 e. The number of nitrogens with one attached hydrogen (secondary N) is 1. The zero-order valence-electron chi connectivity index (χ0n) is 8.63. The molecule has 0 spiro atoms. The summed E-state index contributed by atoms with van der Waals surface area (Å²) in [6.45, 7) is 5.72. The molecule has 3 nitrogen and oxygen atoms in total. The molecule has 74 valence electrons. The predicted octanol–water partition coefficient (Wildman–Crippen LogP) is 0.795. The minimum absolute atomic E-state index is 0.119. The third-order valence-electron chi connectivity index (χ3n) is 1.80. The van der Waals surface area contributed by atoms with Gasteiger partial charge in [-0.25, -0.2) is 0 Å². The quantitative estimate of drug-likeness (QED) is 0.517. The van der Waals surface area contributed by atoms with Gasteiger partial charge in [0.15, 0.2) is 0 Å². The first kappa shape index (κ1) is 12.0. The molecule has 0 fully saturated rings. The highest BCUT2D eigenvalue weighted by atomic mass is 16.5. The number of methoxy groups -OCH3 is 1. The van der Waals surface area contributed by atoms with E-state index in [1.165, 1.54) is 7.11 Å². The van der Waals surface area contributed by atoms with Crippen molar-refractivity contribution in [2.75, 3.05) is 7.11 Å². The summed E-state index contributed by atoms with van der Waals surface area (Å²) in [6, 6.07) is -0.442. The third-order valence-corrected chi connectivity index (χ3v) is 1.80. The molecule has 13 heavy (non-hydrogen) atoms. The van der Waals surface area contributed by atoms with Crippen LogP contribution in [-0.2, 0) is 9.53 Å². The molecule has 0 radical (unpaired) electrons. The van der Waals surface area contributed by atoms with Gasteiger partial charge in [0.1, 0.15) is 6.04 Å². The molecule has 0 saturated heterocycles. The normalized spacial score (nSPS) is 14.8. The molecule has 0 aliphatic carbocycles. The van der Waals surface area contributed by atoms with Gasteiger partial charge in [0.25, 0.3) is 0 Å². The van der Waals surface area contributed by atoms with E-state index in [4.69, 9.17) is 6.42 Å². The molecule has 3 heteroatoms. The van der Waals surface area contributed by atoms with Gasteiger partial charge in [0.2, 0.25) is 0 Å². The van der Waals surface area contributed by atoms with Gasteiger partial charge in [-0.3, -0.25) is 10.1 Å². The number of terminal acetylenes is 1. The monoisotopic (exact) mass is 183 g/mol. The Kier molecular flexibility index (Phi) is 5.17. The fourth-order valence-corrected chi connectivity index (χ4v) is 0.977. The molecule has 0 aromatic heterocycles. The van der Waals surface area contributed by atoms with Gasteiger partial charge < -0.3 is 4.74 Å². The number of hydrogen-bond donors (Lipinski definition) is 1. The van der Waals surface area contributed by atoms with Gasteiger partial charge >= 0.3 is 5.97 Å². The molecule has 2 unspecified atom stereocenters. The Hall–Kier alpha value is -1.01. The molecule has 1 N–H and O–H groups in total. The van der Waals surface area contributed by atoms with Crippen LogP contribution in [0.25, 0.3) is 0 Å². The Morgan fingerprint density at radius 1 is 1.46 bits per heavy atom. The summed E-state index contributed by atoms with van der Waals surface area (Å²) in [7, 11) is 1.37. The van der Waals surface area contributed by atoms with E-state index in [0.29, 0.717) is 0 Å². The first-order valence-electron chi connectivity index (χ1n) is 4.33. The van der Waals surface area contributed by atoms with Crippen LogP contribution in [0, 0.1) is 18.3 Å². The summed E-state index contributed by atoms with van der Waals surface area (Å²) in [4.78, 5) is 11.3. The molecular formula is C10H17NO2. The highest BCUT2D eigenvalue weighted by Crippen LogP contribution is 2.04. The molecule has 0 amide bonds.